The largest absolute Gasteiger partial charge is 0.331 e. The SMILES string of the molecule is CCCc1cc(C(=O)N(CCc2ccccc2)Cc2ccccn2)n[nH]1. The van der Waals surface area contributed by atoms with E-state index in [4.69, 9.17) is 0 Å². The van der Waals surface area contributed by atoms with Crippen molar-refractivity contribution in [1.82, 2.24) is 20.1 Å². The van der Waals surface area contributed by atoms with Gasteiger partial charge in [-0.2, -0.15) is 5.10 Å². The van der Waals surface area contributed by atoms with E-state index in [1.807, 2.05) is 47.4 Å². The first kappa shape index (κ1) is 17.9. The second kappa shape index (κ2) is 8.94. The summed E-state index contributed by atoms with van der Waals surface area (Å²) >= 11 is 0. The first-order valence-corrected chi connectivity index (χ1v) is 9.03. The summed E-state index contributed by atoms with van der Waals surface area (Å²) in [7, 11) is 0. The van der Waals surface area contributed by atoms with Crippen LogP contribution >= 0.6 is 0 Å². The van der Waals surface area contributed by atoms with Crippen molar-refractivity contribution < 1.29 is 4.79 Å². The molecule has 1 amide bonds. The van der Waals surface area contributed by atoms with Gasteiger partial charge in [-0.25, -0.2) is 0 Å². The summed E-state index contributed by atoms with van der Waals surface area (Å²) in [6.45, 7) is 3.20. The molecule has 0 bridgehead atoms. The molecule has 1 aromatic carbocycles. The van der Waals surface area contributed by atoms with E-state index in [-0.39, 0.29) is 5.91 Å². The lowest BCUT2D eigenvalue weighted by molar-refractivity contribution is 0.0737. The predicted octanol–water partition coefficient (Wildman–Crippen LogP) is 3.64. The summed E-state index contributed by atoms with van der Waals surface area (Å²) in [5.74, 6) is -0.0646. The highest BCUT2D eigenvalue weighted by atomic mass is 16.2. The normalized spacial score (nSPS) is 10.7. The van der Waals surface area contributed by atoms with Crippen molar-refractivity contribution in [3.05, 3.63) is 83.4 Å². The molecule has 0 unspecified atom stereocenters. The van der Waals surface area contributed by atoms with E-state index in [2.05, 4.69) is 34.2 Å². The van der Waals surface area contributed by atoms with Crippen LogP contribution < -0.4 is 0 Å². The maximum absolute atomic E-state index is 13.0. The lowest BCUT2D eigenvalue weighted by Gasteiger charge is -2.21. The van der Waals surface area contributed by atoms with Gasteiger partial charge in [0.2, 0.25) is 0 Å². The molecule has 0 saturated heterocycles. The zero-order valence-electron chi connectivity index (χ0n) is 15.1. The third-order valence-corrected chi connectivity index (χ3v) is 4.25. The number of carbonyl (C=O) groups is 1. The van der Waals surface area contributed by atoms with Crippen molar-refractivity contribution in [3.8, 4) is 0 Å². The molecular weight excluding hydrogens is 324 g/mol. The molecule has 0 atom stereocenters. The van der Waals surface area contributed by atoms with Gasteiger partial charge in [0.05, 0.1) is 12.2 Å². The molecule has 2 heterocycles. The summed E-state index contributed by atoms with van der Waals surface area (Å²) in [5, 5.41) is 7.18. The number of nitrogens with zero attached hydrogens (tertiary/aromatic N) is 3. The van der Waals surface area contributed by atoms with E-state index in [1.165, 1.54) is 5.56 Å². The molecule has 1 N–H and O–H groups in total. The smallest absolute Gasteiger partial charge is 0.274 e. The van der Waals surface area contributed by atoms with Crippen LogP contribution in [0.3, 0.4) is 0 Å². The van der Waals surface area contributed by atoms with Crippen molar-refractivity contribution in [2.45, 2.75) is 32.7 Å². The minimum atomic E-state index is -0.0646. The number of aromatic amines is 1. The fourth-order valence-corrected chi connectivity index (χ4v) is 2.88. The van der Waals surface area contributed by atoms with Crippen LogP contribution in [0.4, 0.5) is 0 Å². The second-order valence-corrected chi connectivity index (χ2v) is 6.31. The Morgan fingerprint density at radius 3 is 2.62 bits per heavy atom. The number of aromatic nitrogens is 3. The Morgan fingerprint density at radius 1 is 1.08 bits per heavy atom. The highest BCUT2D eigenvalue weighted by molar-refractivity contribution is 5.92. The van der Waals surface area contributed by atoms with Crippen LogP contribution in [0, 0.1) is 0 Å². The van der Waals surface area contributed by atoms with Gasteiger partial charge in [-0.1, -0.05) is 49.7 Å². The Labute approximate surface area is 154 Å². The number of aryl methyl sites for hydroxylation is 1. The number of carbonyl (C=O) groups excluding carboxylic acids is 1. The van der Waals surface area contributed by atoms with E-state index in [0.717, 1.165) is 30.7 Å². The van der Waals surface area contributed by atoms with Gasteiger partial charge in [-0.15, -0.1) is 0 Å². The third kappa shape index (κ3) is 4.79. The fraction of sp³-hybridized carbons (Fsp3) is 0.286. The molecule has 0 aliphatic heterocycles. The summed E-state index contributed by atoms with van der Waals surface area (Å²) in [5.41, 5.74) is 3.55. The summed E-state index contributed by atoms with van der Waals surface area (Å²) < 4.78 is 0. The molecule has 2 aromatic heterocycles. The molecule has 0 aliphatic rings. The topological polar surface area (TPSA) is 61.9 Å². The van der Waals surface area contributed by atoms with E-state index >= 15 is 0 Å². The van der Waals surface area contributed by atoms with Crippen LogP contribution in [0.5, 0.6) is 0 Å². The van der Waals surface area contributed by atoms with E-state index in [1.54, 1.807) is 6.20 Å². The summed E-state index contributed by atoms with van der Waals surface area (Å²) in [4.78, 5) is 19.2. The average molecular weight is 348 g/mol. The van der Waals surface area contributed by atoms with Crippen LogP contribution in [0.15, 0.2) is 60.8 Å². The Balaban J connectivity index is 1.75. The quantitative estimate of drug-likeness (QED) is 0.676. The molecule has 26 heavy (non-hydrogen) atoms. The average Bonchev–Trinajstić information content (AvgIpc) is 3.15. The van der Waals surface area contributed by atoms with E-state index in [9.17, 15) is 4.79 Å². The lowest BCUT2D eigenvalue weighted by Crippen LogP contribution is -2.33. The Kier molecular flexibility index (Phi) is 6.14. The van der Waals surface area contributed by atoms with Crippen LogP contribution in [0.1, 0.15) is 40.8 Å². The number of benzene rings is 1. The molecule has 5 nitrogen and oxygen atoms in total. The van der Waals surface area contributed by atoms with Crippen LogP contribution in [-0.2, 0) is 19.4 Å². The van der Waals surface area contributed by atoms with E-state index in [0.29, 0.717) is 18.8 Å². The third-order valence-electron chi connectivity index (χ3n) is 4.25. The van der Waals surface area contributed by atoms with Crippen molar-refractivity contribution in [3.63, 3.8) is 0 Å². The molecule has 3 aromatic rings. The zero-order valence-corrected chi connectivity index (χ0v) is 15.1. The number of hydrogen-bond donors (Lipinski definition) is 1. The van der Waals surface area contributed by atoms with Gasteiger partial charge in [0.15, 0.2) is 0 Å². The molecule has 0 saturated carbocycles. The lowest BCUT2D eigenvalue weighted by atomic mass is 10.1. The number of hydrogen-bond acceptors (Lipinski definition) is 3. The minimum absolute atomic E-state index is 0.0646. The molecule has 0 aliphatic carbocycles. The molecule has 0 spiro atoms. The van der Waals surface area contributed by atoms with Gasteiger partial charge in [0.1, 0.15) is 5.69 Å². The zero-order chi connectivity index (χ0) is 18.2. The number of H-pyrrole nitrogens is 1. The molecule has 134 valence electrons. The van der Waals surface area contributed by atoms with Gasteiger partial charge in [-0.05, 0) is 36.6 Å². The number of pyridine rings is 1. The molecule has 0 radical (unpaired) electrons. The monoisotopic (exact) mass is 348 g/mol. The Hall–Kier alpha value is -2.95. The van der Waals surface area contributed by atoms with Crippen molar-refractivity contribution in [2.24, 2.45) is 0 Å². The first-order valence-electron chi connectivity index (χ1n) is 9.03. The van der Waals surface area contributed by atoms with Crippen LogP contribution in [0.25, 0.3) is 0 Å². The van der Waals surface area contributed by atoms with Gasteiger partial charge in [-0.3, -0.25) is 14.9 Å². The minimum Gasteiger partial charge on any atom is -0.331 e. The van der Waals surface area contributed by atoms with Crippen molar-refractivity contribution >= 4 is 5.91 Å². The number of rotatable bonds is 8. The van der Waals surface area contributed by atoms with Crippen LogP contribution in [-0.4, -0.2) is 32.5 Å². The van der Waals surface area contributed by atoms with Crippen molar-refractivity contribution in [1.29, 1.82) is 0 Å². The van der Waals surface area contributed by atoms with Gasteiger partial charge < -0.3 is 4.90 Å². The fourth-order valence-electron chi connectivity index (χ4n) is 2.88. The Morgan fingerprint density at radius 2 is 1.88 bits per heavy atom. The van der Waals surface area contributed by atoms with Gasteiger partial charge >= 0.3 is 0 Å². The highest BCUT2D eigenvalue weighted by Gasteiger charge is 2.19. The second-order valence-electron chi connectivity index (χ2n) is 6.31. The van der Waals surface area contributed by atoms with Crippen LogP contribution in [0.2, 0.25) is 0 Å². The van der Waals surface area contributed by atoms with E-state index < -0.39 is 0 Å². The molecule has 3 rings (SSSR count). The first-order chi connectivity index (χ1) is 12.8. The molecular formula is C21H24N4O. The summed E-state index contributed by atoms with van der Waals surface area (Å²) in [6.07, 6.45) is 4.46. The maximum Gasteiger partial charge on any atom is 0.274 e. The highest BCUT2D eigenvalue weighted by Crippen LogP contribution is 2.11. The Bertz CT molecular complexity index is 814. The standard InChI is InChI=1S/C21H24N4O/c1-2-8-18-15-20(24-23-18)21(26)25(16-19-11-6-7-13-22-19)14-12-17-9-4-3-5-10-17/h3-7,9-11,13,15H,2,8,12,14,16H2,1H3,(H,23,24). The number of nitrogens with one attached hydrogen (secondary N) is 1. The van der Waals surface area contributed by atoms with Gasteiger partial charge in [0.25, 0.3) is 5.91 Å². The van der Waals surface area contributed by atoms with Crippen molar-refractivity contribution in [2.75, 3.05) is 6.54 Å². The molecule has 5 heteroatoms. The predicted molar refractivity (Wildman–Crippen MR) is 102 cm³/mol. The summed E-state index contributed by atoms with van der Waals surface area (Å²) in [6, 6.07) is 17.8. The maximum atomic E-state index is 13.0. The van der Waals surface area contributed by atoms with Gasteiger partial charge in [0, 0.05) is 18.4 Å². The number of amides is 1. The molecule has 0 fully saturated rings.